The summed E-state index contributed by atoms with van der Waals surface area (Å²) in [5.41, 5.74) is 7.84. The fourth-order valence-electron chi connectivity index (χ4n) is 1.55. The number of hydrogen-bond donors (Lipinski definition) is 2. The van der Waals surface area contributed by atoms with Crippen molar-refractivity contribution in [3.8, 4) is 0 Å². The molecule has 3 N–H and O–H groups in total. The highest BCUT2D eigenvalue weighted by molar-refractivity contribution is 9.10. The molecule has 18 heavy (non-hydrogen) atoms. The molecule has 0 bridgehead atoms. The average Bonchev–Trinajstić information content (AvgIpc) is 2.66. The van der Waals surface area contributed by atoms with Crippen LogP contribution in [0.2, 0.25) is 0 Å². The number of nitrogens with two attached hydrogens (primary N) is 1. The zero-order valence-electron chi connectivity index (χ0n) is 10.1. The van der Waals surface area contributed by atoms with Crippen molar-refractivity contribution in [2.24, 2.45) is 7.05 Å². The summed E-state index contributed by atoms with van der Waals surface area (Å²) in [5.74, 6) is 0.0851. The van der Waals surface area contributed by atoms with E-state index in [-0.39, 0.29) is 5.91 Å². The smallest absolute Gasteiger partial charge is 0.261 e. The maximum Gasteiger partial charge on any atom is 0.261 e. The van der Waals surface area contributed by atoms with Gasteiger partial charge in [0, 0.05) is 17.2 Å². The van der Waals surface area contributed by atoms with Crippen molar-refractivity contribution >= 4 is 33.3 Å². The zero-order valence-corrected chi connectivity index (χ0v) is 11.7. The molecule has 0 unspecified atom stereocenters. The molecule has 0 fully saturated rings. The molecule has 0 saturated heterocycles. The van der Waals surface area contributed by atoms with Gasteiger partial charge in [-0.2, -0.15) is 5.10 Å². The van der Waals surface area contributed by atoms with E-state index < -0.39 is 0 Å². The lowest BCUT2D eigenvalue weighted by Gasteiger charge is -2.09. The molecule has 0 atom stereocenters. The Kier molecular flexibility index (Phi) is 3.38. The van der Waals surface area contributed by atoms with E-state index in [0.717, 1.165) is 15.7 Å². The van der Waals surface area contributed by atoms with E-state index in [0.29, 0.717) is 11.4 Å². The number of carbonyl (C=O) groups excluding carboxylic acids is 1. The molecule has 2 aromatic rings. The van der Waals surface area contributed by atoms with Crippen LogP contribution in [0.5, 0.6) is 0 Å². The van der Waals surface area contributed by atoms with Crippen LogP contribution in [-0.2, 0) is 7.05 Å². The van der Waals surface area contributed by atoms with Crippen molar-refractivity contribution in [3.63, 3.8) is 0 Å². The molecular weight excluding hydrogens is 296 g/mol. The minimum atomic E-state index is -0.262. The average molecular weight is 309 g/mol. The number of aromatic nitrogens is 2. The number of aryl methyl sites for hydroxylation is 1. The highest BCUT2D eigenvalue weighted by Crippen LogP contribution is 2.24. The second-order valence-electron chi connectivity index (χ2n) is 3.93. The maximum atomic E-state index is 12.1. The number of carbonyl (C=O) groups is 1. The Balaban J connectivity index is 2.27. The first-order chi connectivity index (χ1) is 8.50. The summed E-state index contributed by atoms with van der Waals surface area (Å²) in [7, 11) is 1.69. The van der Waals surface area contributed by atoms with Gasteiger partial charge in [0.15, 0.2) is 0 Å². The van der Waals surface area contributed by atoms with Crippen molar-refractivity contribution < 1.29 is 4.79 Å². The van der Waals surface area contributed by atoms with Crippen LogP contribution in [0, 0.1) is 6.92 Å². The third-order valence-electron chi connectivity index (χ3n) is 2.75. The standard InChI is InChI=1S/C12H13BrN4O/c1-7-9(13)4-3-5-10(7)16-12(18)8-6-15-17(2)11(8)14/h3-6H,14H2,1-2H3,(H,16,18). The third kappa shape index (κ3) is 2.24. The van der Waals surface area contributed by atoms with Crippen LogP contribution in [-0.4, -0.2) is 15.7 Å². The number of nitrogens with zero attached hydrogens (tertiary/aromatic N) is 2. The Morgan fingerprint density at radius 1 is 1.50 bits per heavy atom. The van der Waals surface area contributed by atoms with Gasteiger partial charge in [-0.25, -0.2) is 0 Å². The maximum absolute atomic E-state index is 12.1. The first-order valence-electron chi connectivity index (χ1n) is 5.34. The van der Waals surface area contributed by atoms with E-state index in [2.05, 4.69) is 26.3 Å². The van der Waals surface area contributed by atoms with Gasteiger partial charge in [-0.1, -0.05) is 22.0 Å². The molecule has 0 saturated carbocycles. The monoisotopic (exact) mass is 308 g/mol. The number of amides is 1. The van der Waals surface area contributed by atoms with E-state index in [1.807, 2.05) is 25.1 Å². The van der Waals surface area contributed by atoms with Crippen molar-refractivity contribution in [2.75, 3.05) is 11.1 Å². The van der Waals surface area contributed by atoms with Gasteiger partial charge in [-0.15, -0.1) is 0 Å². The zero-order chi connectivity index (χ0) is 13.3. The van der Waals surface area contributed by atoms with Gasteiger partial charge in [0.25, 0.3) is 5.91 Å². The molecule has 1 heterocycles. The van der Waals surface area contributed by atoms with Crippen LogP contribution < -0.4 is 11.1 Å². The van der Waals surface area contributed by atoms with E-state index >= 15 is 0 Å². The summed E-state index contributed by atoms with van der Waals surface area (Å²) in [6, 6.07) is 5.62. The normalized spacial score (nSPS) is 10.4. The van der Waals surface area contributed by atoms with E-state index in [9.17, 15) is 4.79 Å². The van der Waals surface area contributed by atoms with Gasteiger partial charge in [-0.3, -0.25) is 9.48 Å². The number of anilines is 2. The fourth-order valence-corrected chi connectivity index (χ4v) is 1.92. The number of rotatable bonds is 2. The first kappa shape index (κ1) is 12.6. The largest absolute Gasteiger partial charge is 0.383 e. The summed E-state index contributed by atoms with van der Waals surface area (Å²) in [6.45, 7) is 1.92. The summed E-state index contributed by atoms with van der Waals surface area (Å²) in [5, 5.41) is 6.76. The molecular formula is C12H13BrN4O. The van der Waals surface area contributed by atoms with Crippen LogP contribution in [0.4, 0.5) is 11.5 Å². The van der Waals surface area contributed by atoms with Gasteiger partial charge >= 0.3 is 0 Å². The molecule has 94 valence electrons. The second kappa shape index (κ2) is 4.81. The Hall–Kier alpha value is -1.82. The molecule has 0 aliphatic heterocycles. The quantitative estimate of drug-likeness (QED) is 0.894. The molecule has 6 heteroatoms. The van der Waals surface area contributed by atoms with Crippen LogP contribution in [0.15, 0.2) is 28.9 Å². The van der Waals surface area contributed by atoms with Crippen molar-refractivity contribution in [1.29, 1.82) is 0 Å². The van der Waals surface area contributed by atoms with Crippen LogP contribution in [0.25, 0.3) is 0 Å². The number of nitrogens with one attached hydrogen (secondary N) is 1. The molecule has 2 rings (SSSR count). The lowest BCUT2D eigenvalue weighted by Crippen LogP contribution is -2.14. The van der Waals surface area contributed by atoms with Crippen LogP contribution in [0.3, 0.4) is 0 Å². The van der Waals surface area contributed by atoms with Crippen molar-refractivity contribution in [3.05, 3.63) is 40.0 Å². The van der Waals surface area contributed by atoms with Gasteiger partial charge < -0.3 is 11.1 Å². The Labute approximate surface area is 113 Å². The Morgan fingerprint density at radius 2 is 2.22 bits per heavy atom. The number of benzene rings is 1. The fraction of sp³-hybridized carbons (Fsp3) is 0.167. The lowest BCUT2D eigenvalue weighted by atomic mass is 10.2. The second-order valence-corrected chi connectivity index (χ2v) is 4.79. The summed E-state index contributed by atoms with van der Waals surface area (Å²) >= 11 is 3.42. The first-order valence-corrected chi connectivity index (χ1v) is 6.14. The molecule has 0 aliphatic rings. The van der Waals surface area contributed by atoms with Gasteiger partial charge in [-0.05, 0) is 24.6 Å². The highest BCUT2D eigenvalue weighted by atomic mass is 79.9. The third-order valence-corrected chi connectivity index (χ3v) is 3.60. The molecule has 1 amide bonds. The highest BCUT2D eigenvalue weighted by Gasteiger charge is 2.14. The summed E-state index contributed by atoms with van der Waals surface area (Å²) in [6.07, 6.45) is 1.46. The van der Waals surface area contributed by atoms with E-state index in [1.165, 1.54) is 10.9 Å². The van der Waals surface area contributed by atoms with Gasteiger partial charge in [0.05, 0.1) is 6.20 Å². The van der Waals surface area contributed by atoms with Gasteiger partial charge in [0.1, 0.15) is 11.4 Å². The Morgan fingerprint density at radius 3 is 2.83 bits per heavy atom. The molecule has 0 aliphatic carbocycles. The van der Waals surface area contributed by atoms with Gasteiger partial charge in [0.2, 0.25) is 0 Å². The van der Waals surface area contributed by atoms with E-state index in [4.69, 9.17) is 5.73 Å². The molecule has 0 radical (unpaired) electrons. The van der Waals surface area contributed by atoms with Crippen LogP contribution in [0.1, 0.15) is 15.9 Å². The minimum absolute atomic E-state index is 0.262. The lowest BCUT2D eigenvalue weighted by molar-refractivity contribution is 0.102. The Bertz CT molecular complexity index is 606. The minimum Gasteiger partial charge on any atom is -0.383 e. The molecule has 1 aromatic carbocycles. The van der Waals surface area contributed by atoms with Crippen LogP contribution >= 0.6 is 15.9 Å². The molecule has 1 aromatic heterocycles. The molecule has 0 spiro atoms. The predicted molar refractivity (Wildman–Crippen MR) is 74.5 cm³/mol. The molecule has 5 nitrogen and oxygen atoms in total. The summed E-state index contributed by atoms with van der Waals surface area (Å²) < 4.78 is 2.40. The van der Waals surface area contributed by atoms with Crippen molar-refractivity contribution in [2.45, 2.75) is 6.92 Å². The van der Waals surface area contributed by atoms with Crippen molar-refractivity contribution in [1.82, 2.24) is 9.78 Å². The summed E-state index contributed by atoms with van der Waals surface area (Å²) in [4.78, 5) is 12.1. The number of halogens is 1. The SMILES string of the molecule is Cc1c(Br)cccc1NC(=O)c1cnn(C)c1N. The van der Waals surface area contributed by atoms with E-state index in [1.54, 1.807) is 7.05 Å². The topological polar surface area (TPSA) is 72.9 Å². The number of nitrogen functional groups attached to an aromatic ring is 1. The number of hydrogen-bond acceptors (Lipinski definition) is 3. The predicted octanol–water partition coefficient (Wildman–Crippen LogP) is 2.33.